The largest absolute Gasteiger partial charge is 0.497 e. The van der Waals surface area contributed by atoms with Gasteiger partial charge in [0.15, 0.2) is 23.6 Å². The van der Waals surface area contributed by atoms with Gasteiger partial charge < -0.3 is 122 Å². The molecule has 0 radical (unpaired) electrons. The highest BCUT2D eigenvalue weighted by molar-refractivity contribution is 5.99. The Morgan fingerprint density at radius 1 is 0.390 bits per heavy atom. The summed E-state index contributed by atoms with van der Waals surface area (Å²) in [6.07, 6.45) is -1.11. The normalized spacial score (nSPS) is 19.5. The van der Waals surface area contributed by atoms with Gasteiger partial charge in [-0.25, -0.2) is 94.9 Å². The van der Waals surface area contributed by atoms with E-state index in [0.717, 1.165) is 5.56 Å². The zero-order valence-electron chi connectivity index (χ0n) is 82.1. The maximum atomic E-state index is 14.3. The number of benzene rings is 1. The lowest BCUT2D eigenvalue weighted by Gasteiger charge is -2.27. The van der Waals surface area contributed by atoms with Crippen molar-refractivity contribution >= 4 is 136 Å². The Morgan fingerprint density at radius 3 is 1.21 bits per heavy atom. The first-order valence-corrected chi connectivity index (χ1v) is 44.5. The summed E-state index contributed by atoms with van der Waals surface area (Å²) in [6.45, 7) is 33.7. The van der Waals surface area contributed by atoms with Crippen LogP contribution in [0.25, 0.3) is 0 Å². The molecule has 1 fully saturated rings. The van der Waals surface area contributed by atoms with Gasteiger partial charge in [0.1, 0.15) is 113 Å². The number of rotatable bonds is 55. The third-order valence-electron chi connectivity index (χ3n) is 21.2. The first kappa shape index (κ1) is 119. The maximum absolute atomic E-state index is 14.3. The summed E-state index contributed by atoms with van der Waals surface area (Å²) < 4.78 is 0. The fourth-order valence-corrected chi connectivity index (χ4v) is 12.7. The number of nitrogens with one attached hydrogen (secondary N) is 3. The van der Waals surface area contributed by atoms with E-state index in [1.807, 2.05) is 0 Å². The first-order chi connectivity index (χ1) is 62.7. The number of hydrogen-bond donors (Lipinski definition) is 26. The molecule has 0 spiro atoms. The molecule has 136 heavy (non-hydrogen) atoms. The Morgan fingerprint density at radius 2 is 0.750 bits per heavy atom. The molecule has 26 N–H and O–H groups in total. The van der Waals surface area contributed by atoms with Gasteiger partial charge in [-0.3, -0.25) is 21.0 Å². The van der Waals surface area contributed by atoms with Crippen molar-refractivity contribution in [2.75, 3.05) is 19.7 Å². The minimum absolute atomic E-state index is 0.0899. The molecule has 0 saturated carbocycles. The van der Waals surface area contributed by atoms with E-state index >= 15 is 0 Å². The smallest absolute Gasteiger partial charge is 0.247 e. The third kappa shape index (κ3) is 38.8. The zero-order chi connectivity index (χ0) is 104. The summed E-state index contributed by atoms with van der Waals surface area (Å²) >= 11 is 0. The lowest BCUT2D eigenvalue weighted by Crippen LogP contribution is -2.45. The summed E-state index contributed by atoms with van der Waals surface area (Å²) in [5, 5.41) is 276. The van der Waals surface area contributed by atoms with E-state index in [0.29, 0.717) is 12.8 Å². The van der Waals surface area contributed by atoms with Gasteiger partial charge in [-0.05, 0) is 172 Å². The van der Waals surface area contributed by atoms with Crippen molar-refractivity contribution in [1.29, 1.82) is 16.2 Å². The van der Waals surface area contributed by atoms with Crippen LogP contribution in [0, 0.1) is 39.9 Å². The second kappa shape index (κ2) is 53.3. The van der Waals surface area contributed by atoms with Crippen LogP contribution in [0.1, 0.15) is 230 Å². The molecule has 1 aromatic carbocycles. The molecule has 762 valence electrons. The molecule has 2 rings (SSSR count). The molecular formula is C89H147N23O24. The number of carbonyl (C=O) groups is 1. The van der Waals surface area contributed by atoms with Crippen LogP contribution in [-0.2, 0) is 11.2 Å². The monoisotopic (exact) mass is 1920 g/mol. The van der Waals surface area contributed by atoms with E-state index in [1.165, 1.54) is 116 Å². The fourth-order valence-electron chi connectivity index (χ4n) is 12.7. The molecule has 15 atom stereocenters. The first-order valence-electron chi connectivity index (χ1n) is 44.5. The van der Waals surface area contributed by atoms with Crippen molar-refractivity contribution in [2.24, 2.45) is 119 Å². The molecule has 1 aliphatic heterocycles. The van der Waals surface area contributed by atoms with Crippen molar-refractivity contribution in [1.82, 2.24) is 4.90 Å². The molecule has 1 aromatic rings. The van der Waals surface area contributed by atoms with Gasteiger partial charge in [0.25, 0.3) is 0 Å². The number of amides is 1. The summed E-state index contributed by atoms with van der Waals surface area (Å²) in [5.41, 5.74) is -7.78. The van der Waals surface area contributed by atoms with E-state index in [-0.39, 0.29) is 51.0 Å². The van der Waals surface area contributed by atoms with Crippen LogP contribution in [0.3, 0.4) is 0 Å². The van der Waals surface area contributed by atoms with Gasteiger partial charge in [-0.2, -0.15) is 0 Å². The highest BCUT2D eigenvalue weighted by Crippen LogP contribution is 2.28. The molecule has 0 aliphatic carbocycles. The highest BCUT2D eigenvalue weighted by atomic mass is 16.3. The third-order valence-corrected chi connectivity index (χ3v) is 21.2. The van der Waals surface area contributed by atoms with Crippen LogP contribution >= 0.6 is 0 Å². The fraction of sp³-hybridized carbons (Fsp3) is 0.674. The Hall–Kier alpha value is -13.0. The average molecular weight is 1920 g/mol. The quantitative estimate of drug-likeness (QED) is 0.0213. The van der Waals surface area contributed by atoms with E-state index < -0.39 is 292 Å². The number of likely N-dealkylation sites (tertiary alicyclic amines) is 1. The molecule has 47 nitrogen and oxygen atoms in total. The summed E-state index contributed by atoms with van der Waals surface area (Å²) in [5.74, 6) is -19.0. The predicted octanol–water partition coefficient (Wildman–Crippen LogP) is 13.2. The number of aliphatic imine (C=N–C) groups is 19. The predicted molar refractivity (Wildman–Crippen MR) is 534 cm³/mol. The topological polar surface area (TPSA) is 792 Å². The molecule has 0 aromatic heterocycles. The standard InChI is InChI=1S/C89H147N23O24/c1-25-46(8)66(106-84(136)88(21,22)110-73(125)57(35-38-61(92)117)102-82(134)87(19,20)109-70(122)50(12)98-81(133)86(17,18)108-62(118)41-93-67(119)47(9)97-80(132)85(15,16)107-52(14)114)77(129)95-48(10)68(120)94-49(11)69(121)103-63(43(2)3)75(127)96-51(13)79(131)112-39-29-32-58(112)74(126)104-65(45(6)7)78(130)111-89(23,24)83(135)105-64(44(4)5)76(128)101-56(34-37-60(91)116)72(124)100-55(33-36-59(90)115)71(123)99-54(42-113)40-53-30-27-26-28-31-53/h26-28,30-31,43-51,54-58,63-66,113H,25,29,32-42H2,1-24H3,(H2,90,115)(H2,91,116)(H2,92,117)(H,93,119)(H,94,120)(H,95,129)(H,96,127)(H,97,132)(H,98,133)(H,99,123)(H,100,124)(H,101,128)(H,102,134)(H,103,121)(H,104,126)(H,105,135)(H,106,136)(H,107,114)(H,108,118)(H,109,122)(H,110,125)(H,111,130). The van der Waals surface area contributed by atoms with Crippen LogP contribution in [0.4, 0.5) is 0 Å². The van der Waals surface area contributed by atoms with Crippen LogP contribution in [0.15, 0.2) is 125 Å². The van der Waals surface area contributed by atoms with Gasteiger partial charge in [-0.15, -0.1) is 0 Å². The number of nitrogens with zero attached hydrogens (tertiary/aromatic N) is 20. The molecule has 15 unspecified atom stereocenters. The second-order valence-electron chi connectivity index (χ2n) is 36.7. The van der Waals surface area contributed by atoms with E-state index in [4.69, 9.17) is 16.2 Å². The van der Waals surface area contributed by atoms with Crippen molar-refractivity contribution in [3.8, 4) is 0 Å². The van der Waals surface area contributed by atoms with Crippen molar-refractivity contribution in [3.63, 3.8) is 0 Å². The Balaban J connectivity index is 2.51. The summed E-state index contributed by atoms with van der Waals surface area (Å²) in [6, 6.07) is -9.52. The SMILES string of the molecule is CCC(C)C(N=C(O)C(C)(C)N=C(O)C(CCC(=N)O)N=C(O)C(C)(C)N=C(O)C(C)N=C(O)C(C)(C)N=C(O)CN=C(O)C(C)N=C(O)C(C)(C)N=C(C)O)C(O)=NC(C)C(O)=NC(C)C(O)=NC(C(O)=NC(C)C(=O)N1CCCC1C(O)=NC(C(O)=NC(C)(C)C(O)=NC(C(O)=NC(CCC(=N)O)C(O)=NC(CCC(=N)O)C(O)=NC(CO)Cc1ccccc1)C(C)C)C(C)C)C(C)C. The molecule has 47 heteroatoms. The van der Waals surface area contributed by atoms with Crippen molar-refractivity contribution in [3.05, 3.63) is 35.9 Å². The zero-order valence-corrected chi connectivity index (χ0v) is 82.1. The number of aliphatic hydroxyl groups excluding tert-OH is 23. The average Bonchev–Trinajstić information content (AvgIpc) is 1.73. The lowest BCUT2D eigenvalue weighted by atomic mass is 9.98. The lowest BCUT2D eigenvalue weighted by molar-refractivity contribution is -0.132. The van der Waals surface area contributed by atoms with Gasteiger partial charge in [0.2, 0.25) is 112 Å². The summed E-state index contributed by atoms with van der Waals surface area (Å²) in [7, 11) is 0. The van der Waals surface area contributed by atoms with Crippen LogP contribution < -0.4 is 0 Å². The molecule has 1 saturated heterocycles. The van der Waals surface area contributed by atoms with Gasteiger partial charge in [0.05, 0.1) is 12.6 Å². The summed E-state index contributed by atoms with van der Waals surface area (Å²) in [4.78, 5) is 94.7. The van der Waals surface area contributed by atoms with Crippen LogP contribution in [0.5, 0.6) is 0 Å². The molecule has 1 amide bonds. The Bertz CT molecular complexity index is 4820. The van der Waals surface area contributed by atoms with E-state index in [1.54, 1.807) is 85.7 Å². The highest BCUT2D eigenvalue weighted by Gasteiger charge is 2.41. The maximum Gasteiger partial charge on any atom is 0.247 e. The number of carbonyl (C=O) groups excluding carboxylic acids is 1. The Labute approximate surface area is 792 Å². The number of aliphatic hydroxyl groups is 23. The second-order valence-corrected chi connectivity index (χ2v) is 36.7. The minimum Gasteiger partial charge on any atom is -0.497 e. The van der Waals surface area contributed by atoms with Crippen molar-refractivity contribution < 1.29 is 122 Å². The van der Waals surface area contributed by atoms with Crippen LogP contribution in [-0.4, -0.2) is 390 Å². The molecule has 1 heterocycles. The Kier molecular flexibility index (Phi) is 46.7. The van der Waals surface area contributed by atoms with Gasteiger partial charge in [0, 0.05) is 32.7 Å². The van der Waals surface area contributed by atoms with E-state index in [2.05, 4.69) is 94.9 Å². The van der Waals surface area contributed by atoms with E-state index in [9.17, 15) is 122 Å². The van der Waals surface area contributed by atoms with Gasteiger partial charge >= 0.3 is 0 Å². The minimum atomic E-state index is -1.88. The number of hydrogen-bond acceptors (Lipinski definition) is 24. The molecule has 0 bridgehead atoms. The molecule has 1 aliphatic rings. The van der Waals surface area contributed by atoms with Crippen molar-refractivity contribution in [2.45, 2.75) is 343 Å². The molecular weight excluding hydrogens is 1780 g/mol. The van der Waals surface area contributed by atoms with Crippen LogP contribution in [0.2, 0.25) is 0 Å². The van der Waals surface area contributed by atoms with Gasteiger partial charge in [-0.1, -0.05) is 92.1 Å².